The predicted octanol–water partition coefficient (Wildman–Crippen LogP) is 4.97. The first-order valence-corrected chi connectivity index (χ1v) is 6.96. The Morgan fingerprint density at radius 3 is 2.55 bits per heavy atom. The molecular weight excluding hydrogens is 355 g/mol. The van der Waals surface area contributed by atoms with Crippen molar-refractivity contribution >= 4 is 28.1 Å². The van der Waals surface area contributed by atoms with Gasteiger partial charge in [-0.1, -0.05) is 15.9 Å². The molecule has 2 aromatic rings. The van der Waals surface area contributed by atoms with E-state index >= 15 is 0 Å². The maximum absolute atomic E-state index is 13.2. The van der Waals surface area contributed by atoms with E-state index in [0.29, 0.717) is 9.24 Å². The van der Waals surface area contributed by atoms with Crippen LogP contribution in [0.5, 0.6) is 0 Å². The molecule has 0 aliphatic heterocycles. The minimum Gasteiger partial charge on any atom is -0.298 e. The molecule has 0 saturated carbocycles. The smallest absolute Gasteiger partial charge is 0.298 e. The Labute approximate surface area is 126 Å². The Hall–Kier alpha value is -1.15. The molecule has 8 heteroatoms. The van der Waals surface area contributed by atoms with Gasteiger partial charge in [0.2, 0.25) is 0 Å². The summed E-state index contributed by atoms with van der Waals surface area (Å²) in [7, 11) is 0. The second-order valence-corrected chi connectivity index (χ2v) is 5.81. The Balaban J connectivity index is 2.74. The van der Waals surface area contributed by atoms with Gasteiger partial charge in [0.1, 0.15) is 0 Å². The molecular formula is C12H11BrF3N3S. The lowest BCUT2D eigenvalue weighted by Gasteiger charge is -2.15. The van der Waals surface area contributed by atoms with Crippen LogP contribution in [0, 0.1) is 4.77 Å². The van der Waals surface area contributed by atoms with Crippen molar-refractivity contribution in [3.8, 4) is 11.4 Å². The molecule has 108 valence electrons. The highest BCUT2D eigenvalue weighted by Crippen LogP contribution is 2.38. The quantitative estimate of drug-likeness (QED) is 0.762. The summed E-state index contributed by atoms with van der Waals surface area (Å²) in [6, 6.07) is 3.88. The van der Waals surface area contributed by atoms with Crippen molar-refractivity contribution in [1.29, 1.82) is 0 Å². The number of nitrogens with one attached hydrogen (secondary N) is 1. The molecule has 3 nitrogen and oxygen atoms in total. The molecule has 0 fully saturated rings. The molecule has 0 unspecified atom stereocenters. The number of nitrogens with zero attached hydrogens (tertiary/aromatic N) is 2. The normalized spacial score (nSPS) is 12.2. The van der Waals surface area contributed by atoms with Gasteiger partial charge in [-0.05, 0) is 44.3 Å². The molecule has 1 heterocycles. The van der Waals surface area contributed by atoms with Crippen LogP contribution in [-0.2, 0) is 6.18 Å². The van der Waals surface area contributed by atoms with Crippen molar-refractivity contribution in [1.82, 2.24) is 14.8 Å². The predicted molar refractivity (Wildman–Crippen MR) is 75.9 cm³/mol. The summed E-state index contributed by atoms with van der Waals surface area (Å²) in [6.07, 6.45) is -4.46. The Morgan fingerprint density at radius 1 is 1.35 bits per heavy atom. The van der Waals surface area contributed by atoms with Crippen LogP contribution in [0.2, 0.25) is 0 Å². The van der Waals surface area contributed by atoms with Crippen molar-refractivity contribution in [2.75, 3.05) is 0 Å². The highest BCUT2D eigenvalue weighted by molar-refractivity contribution is 9.10. The van der Waals surface area contributed by atoms with E-state index in [1.54, 1.807) is 10.6 Å². The lowest BCUT2D eigenvalue weighted by atomic mass is 10.1. The first-order valence-electron chi connectivity index (χ1n) is 5.76. The molecule has 0 bridgehead atoms. The average Bonchev–Trinajstić information content (AvgIpc) is 2.70. The van der Waals surface area contributed by atoms with E-state index in [0.717, 1.165) is 6.07 Å². The van der Waals surface area contributed by atoms with Crippen LogP contribution in [0.15, 0.2) is 22.7 Å². The molecule has 0 aliphatic carbocycles. The van der Waals surface area contributed by atoms with Gasteiger partial charge < -0.3 is 0 Å². The van der Waals surface area contributed by atoms with Gasteiger partial charge in [0.15, 0.2) is 10.6 Å². The van der Waals surface area contributed by atoms with E-state index in [9.17, 15) is 13.2 Å². The topological polar surface area (TPSA) is 33.6 Å². The van der Waals surface area contributed by atoms with E-state index in [1.165, 1.54) is 6.07 Å². The van der Waals surface area contributed by atoms with Crippen molar-refractivity contribution in [3.05, 3.63) is 33.0 Å². The van der Waals surface area contributed by atoms with E-state index in [4.69, 9.17) is 12.2 Å². The summed E-state index contributed by atoms with van der Waals surface area (Å²) >= 11 is 8.12. The van der Waals surface area contributed by atoms with Crippen LogP contribution >= 0.6 is 28.1 Å². The van der Waals surface area contributed by atoms with E-state index in [1.807, 2.05) is 13.8 Å². The third-order valence-corrected chi connectivity index (χ3v) is 3.53. The fraction of sp³-hybridized carbons (Fsp3) is 0.333. The molecule has 1 aromatic carbocycles. The summed E-state index contributed by atoms with van der Waals surface area (Å²) in [5, 5.41) is 6.49. The maximum atomic E-state index is 13.2. The Morgan fingerprint density at radius 2 is 2.00 bits per heavy atom. The first-order chi connectivity index (χ1) is 9.21. The van der Waals surface area contributed by atoms with Crippen molar-refractivity contribution in [2.24, 2.45) is 0 Å². The highest BCUT2D eigenvalue weighted by Gasteiger charge is 2.35. The van der Waals surface area contributed by atoms with Crippen LogP contribution in [0.3, 0.4) is 0 Å². The number of H-pyrrole nitrogens is 1. The van der Waals surface area contributed by atoms with Gasteiger partial charge in [-0.3, -0.25) is 9.67 Å². The fourth-order valence-corrected chi connectivity index (χ4v) is 2.62. The lowest BCUT2D eigenvalue weighted by Crippen LogP contribution is -2.10. The zero-order chi connectivity index (χ0) is 15.1. The summed E-state index contributed by atoms with van der Waals surface area (Å²) in [5.74, 6) is 0.185. The molecule has 0 amide bonds. The molecule has 0 aliphatic rings. The van der Waals surface area contributed by atoms with Crippen LogP contribution in [-0.4, -0.2) is 14.8 Å². The van der Waals surface area contributed by atoms with E-state index in [-0.39, 0.29) is 17.4 Å². The number of hydrogen-bond donors (Lipinski definition) is 1. The van der Waals surface area contributed by atoms with Crippen LogP contribution in [0.4, 0.5) is 13.2 Å². The first kappa shape index (κ1) is 15.2. The summed E-state index contributed by atoms with van der Waals surface area (Å²) in [6.45, 7) is 3.67. The van der Waals surface area contributed by atoms with E-state index < -0.39 is 11.7 Å². The van der Waals surface area contributed by atoms with Gasteiger partial charge in [-0.15, -0.1) is 0 Å². The Bertz CT molecular complexity index is 688. The monoisotopic (exact) mass is 365 g/mol. The number of halogens is 4. The second kappa shape index (κ2) is 5.33. The van der Waals surface area contributed by atoms with Crippen LogP contribution in [0.25, 0.3) is 11.4 Å². The third-order valence-electron chi connectivity index (χ3n) is 2.75. The molecule has 1 N–H and O–H groups in total. The molecule has 0 radical (unpaired) electrons. The Kier molecular flexibility index (Phi) is 4.06. The fourth-order valence-electron chi connectivity index (χ4n) is 1.92. The molecule has 20 heavy (non-hydrogen) atoms. The summed E-state index contributed by atoms with van der Waals surface area (Å²) < 4.78 is 41.7. The van der Waals surface area contributed by atoms with Crippen LogP contribution < -0.4 is 0 Å². The van der Waals surface area contributed by atoms with Crippen molar-refractivity contribution in [2.45, 2.75) is 26.1 Å². The van der Waals surface area contributed by atoms with Crippen molar-refractivity contribution < 1.29 is 13.2 Å². The molecule has 1 aromatic heterocycles. The molecule has 0 atom stereocenters. The second-order valence-electron chi connectivity index (χ2n) is 4.50. The third kappa shape index (κ3) is 2.80. The SMILES string of the molecule is CC(C)n1c(-c2ccc(Br)cc2C(F)(F)F)n[nH]c1=S. The molecule has 2 rings (SSSR count). The van der Waals surface area contributed by atoms with Crippen molar-refractivity contribution in [3.63, 3.8) is 0 Å². The number of benzene rings is 1. The molecule has 0 saturated heterocycles. The number of rotatable bonds is 2. The summed E-state index contributed by atoms with van der Waals surface area (Å²) in [5.41, 5.74) is -0.746. The highest BCUT2D eigenvalue weighted by atomic mass is 79.9. The van der Waals surface area contributed by atoms with Gasteiger partial charge >= 0.3 is 6.18 Å². The zero-order valence-corrected chi connectivity index (χ0v) is 13.0. The number of aromatic amines is 1. The summed E-state index contributed by atoms with van der Waals surface area (Å²) in [4.78, 5) is 0. The van der Waals surface area contributed by atoms with Gasteiger partial charge in [-0.2, -0.15) is 18.3 Å². The van der Waals surface area contributed by atoms with Gasteiger partial charge in [0.05, 0.1) is 5.56 Å². The number of hydrogen-bond acceptors (Lipinski definition) is 2. The largest absolute Gasteiger partial charge is 0.417 e. The number of alkyl halides is 3. The zero-order valence-electron chi connectivity index (χ0n) is 10.6. The minimum atomic E-state index is -4.46. The van der Waals surface area contributed by atoms with Gasteiger partial charge in [0.25, 0.3) is 0 Å². The standard InChI is InChI=1S/C12H11BrF3N3S/c1-6(2)19-10(17-18-11(19)20)8-4-3-7(13)5-9(8)12(14,15)16/h3-6H,1-2H3,(H,18,20). The van der Waals surface area contributed by atoms with Crippen LogP contribution in [0.1, 0.15) is 25.5 Å². The average molecular weight is 366 g/mol. The number of aromatic nitrogens is 3. The van der Waals surface area contributed by atoms with Gasteiger partial charge in [0, 0.05) is 16.1 Å². The minimum absolute atomic E-state index is 0.00162. The maximum Gasteiger partial charge on any atom is 0.417 e. The molecule has 0 spiro atoms. The lowest BCUT2D eigenvalue weighted by molar-refractivity contribution is -0.137. The van der Waals surface area contributed by atoms with Gasteiger partial charge in [-0.25, -0.2) is 0 Å². The van der Waals surface area contributed by atoms with E-state index in [2.05, 4.69) is 26.1 Å².